The van der Waals surface area contributed by atoms with Crippen molar-refractivity contribution in [2.75, 3.05) is 24.5 Å². The standard InChI is InChI=1S/C20H20F3N3OS/c1-2-17-15-25(14-16-6-4-3-5-7-16)12-13-26(17)18-8-10-19(11-9-18)28(24,27)20(21,22)23/h1,3-11,17,24H,12-15H2/t17-,28?/m0/s1. The highest BCUT2D eigenvalue weighted by Gasteiger charge is 2.43. The molecule has 1 aliphatic heterocycles. The number of alkyl halides is 3. The van der Waals surface area contributed by atoms with E-state index in [2.05, 4.69) is 23.0 Å². The molecule has 1 saturated heterocycles. The maximum absolute atomic E-state index is 12.8. The second-order valence-corrected chi connectivity index (χ2v) is 8.64. The fourth-order valence-electron chi connectivity index (χ4n) is 3.24. The first-order chi connectivity index (χ1) is 13.2. The van der Waals surface area contributed by atoms with E-state index in [-0.39, 0.29) is 6.04 Å². The summed E-state index contributed by atoms with van der Waals surface area (Å²) in [6.45, 7) is 2.78. The second kappa shape index (κ2) is 7.86. The van der Waals surface area contributed by atoms with Crippen LogP contribution in [0.15, 0.2) is 59.5 Å². The zero-order valence-corrected chi connectivity index (χ0v) is 15.8. The quantitative estimate of drug-likeness (QED) is 0.781. The van der Waals surface area contributed by atoms with Gasteiger partial charge in [0.15, 0.2) is 9.73 Å². The molecular formula is C20H20F3N3OS. The summed E-state index contributed by atoms with van der Waals surface area (Å²) in [7, 11) is -4.85. The molecular weight excluding hydrogens is 387 g/mol. The van der Waals surface area contributed by atoms with Gasteiger partial charge in [-0.3, -0.25) is 4.90 Å². The van der Waals surface area contributed by atoms with Gasteiger partial charge in [-0.1, -0.05) is 36.3 Å². The third-order valence-corrected chi connectivity index (χ3v) is 6.32. The van der Waals surface area contributed by atoms with Crippen LogP contribution in [-0.4, -0.2) is 40.3 Å². The van der Waals surface area contributed by atoms with Crippen LogP contribution in [0, 0.1) is 17.1 Å². The Balaban J connectivity index is 1.73. The van der Waals surface area contributed by atoms with Crippen molar-refractivity contribution in [3.63, 3.8) is 0 Å². The fourth-order valence-corrected chi connectivity index (χ4v) is 4.03. The Kier molecular flexibility index (Phi) is 5.68. The van der Waals surface area contributed by atoms with E-state index in [1.54, 1.807) is 0 Å². The number of halogens is 3. The summed E-state index contributed by atoms with van der Waals surface area (Å²) >= 11 is 0. The Hall–Kier alpha value is -2.50. The Morgan fingerprint density at radius 1 is 1.11 bits per heavy atom. The van der Waals surface area contributed by atoms with E-state index in [1.165, 1.54) is 17.7 Å². The summed E-state index contributed by atoms with van der Waals surface area (Å²) in [5, 5.41) is 0. The van der Waals surface area contributed by atoms with Crippen molar-refractivity contribution >= 4 is 15.4 Å². The molecule has 1 fully saturated rings. The SMILES string of the molecule is C#C[C@H]1CN(Cc2ccccc2)CCN1c1ccc(S(=N)(=O)C(F)(F)F)cc1. The lowest BCUT2D eigenvalue weighted by Gasteiger charge is -2.40. The van der Waals surface area contributed by atoms with Crippen molar-refractivity contribution in [3.05, 3.63) is 60.2 Å². The third-order valence-electron chi connectivity index (χ3n) is 4.73. The van der Waals surface area contributed by atoms with Crippen molar-refractivity contribution < 1.29 is 17.4 Å². The molecule has 0 bridgehead atoms. The van der Waals surface area contributed by atoms with Gasteiger partial charge in [-0.05, 0) is 29.8 Å². The molecule has 2 aromatic carbocycles. The van der Waals surface area contributed by atoms with Crippen LogP contribution in [0.3, 0.4) is 0 Å². The van der Waals surface area contributed by atoms with Gasteiger partial charge in [0.1, 0.15) is 6.04 Å². The molecule has 1 aliphatic rings. The van der Waals surface area contributed by atoms with Crippen LogP contribution in [0.4, 0.5) is 18.9 Å². The zero-order chi connectivity index (χ0) is 20.4. The molecule has 148 valence electrons. The molecule has 4 nitrogen and oxygen atoms in total. The van der Waals surface area contributed by atoms with Gasteiger partial charge in [-0.2, -0.15) is 13.2 Å². The molecule has 0 aliphatic carbocycles. The topological polar surface area (TPSA) is 47.4 Å². The van der Waals surface area contributed by atoms with E-state index in [9.17, 15) is 17.4 Å². The monoisotopic (exact) mass is 407 g/mol. The van der Waals surface area contributed by atoms with Crippen LogP contribution in [0.25, 0.3) is 0 Å². The number of anilines is 1. The molecule has 1 heterocycles. The number of piperazine rings is 1. The largest absolute Gasteiger partial charge is 0.483 e. The molecule has 8 heteroatoms. The molecule has 2 aromatic rings. The summed E-state index contributed by atoms with van der Waals surface area (Å²) in [6.07, 6.45) is 5.70. The minimum atomic E-state index is -5.10. The lowest BCUT2D eigenvalue weighted by Crippen LogP contribution is -2.52. The summed E-state index contributed by atoms with van der Waals surface area (Å²) in [6, 6.07) is 14.9. The highest BCUT2D eigenvalue weighted by Crippen LogP contribution is 2.32. The van der Waals surface area contributed by atoms with E-state index in [4.69, 9.17) is 11.2 Å². The molecule has 28 heavy (non-hydrogen) atoms. The van der Waals surface area contributed by atoms with Crippen molar-refractivity contribution in [2.24, 2.45) is 0 Å². The maximum Gasteiger partial charge on any atom is 0.483 e. The molecule has 0 spiro atoms. The van der Waals surface area contributed by atoms with Crippen molar-refractivity contribution in [2.45, 2.75) is 23.0 Å². The van der Waals surface area contributed by atoms with E-state index in [0.29, 0.717) is 18.8 Å². The van der Waals surface area contributed by atoms with Gasteiger partial charge in [0.25, 0.3) is 0 Å². The molecule has 0 aromatic heterocycles. The van der Waals surface area contributed by atoms with Gasteiger partial charge in [-0.25, -0.2) is 8.99 Å². The third kappa shape index (κ3) is 4.16. The molecule has 0 radical (unpaired) electrons. The number of terminal acetylenes is 1. The Morgan fingerprint density at radius 2 is 1.75 bits per heavy atom. The average molecular weight is 407 g/mol. The molecule has 0 amide bonds. The van der Waals surface area contributed by atoms with Crippen LogP contribution >= 0.6 is 0 Å². The van der Waals surface area contributed by atoms with Gasteiger partial charge < -0.3 is 4.90 Å². The zero-order valence-electron chi connectivity index (χ0n) is 15.0. The molecule has 1 N–H and O–H groups in total. The first-order valence-corrected chi connectivity index (χ1v) is 10.2. The lowest BCUT2D eigenvalue weighted by molar-refractivity contribution is -0.0406. The number of nitrogens with one attached hydrogen (secondary N) is 1. The van der Waals surface area contributed by atoms with Gasteiger partial charge >= 0.3 is 5.51 Å². The van der Waals surface area contributed by atoms with Crippen LogP contribution in [-0.2, 0) is 16.3 Å². The van der Waals surface area contributed by atoms with Gasteiger partial charge in [0, 0.05) is 31.9 Å². The minimum Gasteiger partial charge on any atom is -0.355 e. The van der Waals surface area contributed by atoms with Gasteiger partial charge in [0.05, 0.1) is 4.90 Å². The van der Waals surface area contributed by atoms with Crippen molar-refractivity contribution in [3.8, 4) is 12.3 Å². The highest BCUT2D eigenvalue weighted by atomic mass is 32.2. The number of nitrogens with zero attached hydrogens (tertiary/aromatic N) is 2. The summed E-state index contributed by atoms with van der Waals surface area (Å²) < 4.78 is 57.3. The predicted molar refractivity (Wildman–Crippen MR) is 103 cm³/mol. The number of rotatable bonds is 4. The van der Waals surface area contributed by atoms with Crippen LogP contribution in [0.5, 0.6) is 0 Å². The summed E-state index contributed by atoms with van der Waals surface area (Å²) in [4.78, 5) is 3.64. The lowest BCUT2D eigenvalue weighted by atomic mass is 10.1. The van der Waals surface area contributed by atoms with Crippen molar-refractivity contribution in [1.82, 2.24) is 4.90 Å². The molecule has 3 rings (SSSR count). The number of benzene rings is 2. The average Bonchev–Trinajstić information content (AvgIpc) is 2.68. The maximum atomic E-state index is 12.8. The fraction of sp³-hybridized carbons (Fsp3) is 0.300. The molecule has 0 saturated carbocycles. The van der Waals surface area contributed by atoms with Crippen LogP contribution in [0.1, 0.15) is 5.56 Å². The van der Waals surface area contributed by atoms with E-state index in [1.807, 2.05) is 23.1 Å². The Morgan fingerprint density at radius 3 is 2.32 bits per heavy atom. The van der Waals surface area contributed by atoms with E-state index in [0.717, 1.165) is 25.2 Å². The molecule has 1 unspecified atom stereocenters. The van der Waals surface area contributed by atoms with Crippen molar-refractivity contribution in [1.29, 1.82) is 4.78 Å². The number of hydrogen-bond acceptors (Lipinski definition) is 4. The van der Waals surface area contributed by atoms with Crippen LogP contribution in [0.2, 0.25) is 0 Å². The summed E-state index contributed by atoms with van der Waals surface area (Å²) in [5.74, 6) is 2.75. The number of hydrogen-bond donors (Lipinski definition) is 1. The summed E-state index contributed by atoms with van der Waals surface area (Å²) in [5.41, 5.74) is -3.25. The molecule has 2 atom stereocenters. The second-order valence-electron chi connectivity index (χ2n) is 6.59. The first-order valence-electron chi connectivity index (χ1n) is 8.66. The van der Waals surface area contributed by atoms with Crippen LogP contribution < -0.4 is 4.90 Å². The van der Waals surface area contributed by atoms with Gasteiger partial charge in [0.2, 0.25) is 0 Å². The minimum absolute atomic E-state index is 0.230. The van der Waals surface area contributed by atoms with Gasteiger partial charge in [-0.15, -0.1) is 6.42 Å². The van der Waals surface area contributed by atoms with E-state index < -0.39 is 20.1 Å². The Bertz CT molecular complexity index is 951. The normalized spacial score (nSPS) is 20.4. The Labute approximate surface area is 162 Å². The smallest absolute Gasteiger partial charge is 0.355 e. The highest BCUT2D eigenvalue weighted by molar-refractivity contribution is 7.93. The van der Waals surface area contributed by atoms with E-state index >= 15 is 0 Å². The predicted octanol–water partition coefficient (Wildman–Crippen LogP) is 3.94. The first kappa shape index (κ1) is 20.2.